The highest BCUT2D eigenvalue weighted by atomic mass is 32.2. The number of hydrazine groups is 1. The predicted octanol–water partition coefficient (Wildman–Crippen LogP) is 8.11. The Bertz CT molecular complexity index is 1380. The Hall–Kier alpha value is -3.26. The summed E-state index contributed by atoms with van der Waals surface area (Å²) in [6, 6.07) is 25.6. The van der Waals surface area contributed by atoms with Crippen molar-refractivity contribution in [1.82, 2.24) is 25.4 Å². The van der Waals surface area contributed by atoms with Gasteiger partial charge in [-0.1, -0.05) is 129 Å². The van der Waals surface area contributed by atoms with Gasteiger partial charge in [-0.25, -0.2) is 5.01 Å². The third kappa shape index (κ3) is 23.4. The molecule has 0 spiro atoms. The topological polar surface area (TPSA) is 132 Å². The molecule has 2 amide bonds. The van der Waals surface area contributed by atoms with Crippen molar-refractivity contribution < 1.29 is 18.9 Å². The van der Waals surface area contributed by atoms with E-state index in [0.717, 1.165) is 23.4 Å². The summed E-state index contributed by atoms with van der Waals surface area (Å²) in [5.41, 5.74) is 8.02. The molecule has 0 aliphatic heterocycles. The van der Waals surface area contributed by atoms with Crippen LogP contribution < -0.4 is 25.9 Å². The van der Waals surface area contributed by atoms with Crippen LogP contribution in [-0.2, 0) is 21.5 Å². The Balaban J connectivity index is 0. The minimum Gasteiger partial charge on any atom is -0.409 e. The fraction of sp³-hybridized carbons (Fsp3) is 0.535. The van der Waals surface area contributed by atoms with Gasteiger partial charge in [0.1, 0.15) is 5.75 Å². The van der Waals surface area contributed by atoms with Crippen molar-refractivity contribution in [1.29, 1.82) is 0 Å². The quantitative estimate of drug-likeness (QED) is 0.0375. The van der Waals surface area contributed by atoms with Gasteiger partial charge in [0.2, 0.25) is 11.8 Å². The van der Waals surface area contributed by atoms with Crippen molar-refractivity contribution >= 4 is 43.2 Å². The largest absolute Gasteiger partial charge is 0.409 e. The molecule has 0 aromatic heterocycles. The highest BCUT2D eigenvalue weighted by Gasteiger charge is 2.28. The maximum atomic E-state index is 13.1. The molecule has 2 unspecified atom stereocenters. The van der Waals surface area contributed by atoms with E-state index in [9.17, 15) is 14.7 Å². The molecule has 10 nitrogen and oxygen atoms in total. The van der Waals surface area contributed by atoms with Crippen LogP contribution >= 0.6 is 25.7 Å². The minimum atomic E-state index is -0.926. The molecule has 12 heteroatoms. The lowest BCUT2D eigenvalue weighted by Gasteiger charge is -2.35. The molecule has 0 heterocycles. The van der Waals surface area contributed by atoms with Gasteiger partial charge < -0.3 is 25.7 Å². The number of nitrogens with two attached hydrogens (primary N) is 1. The summed E-state index contributed by atoms with van der Waals surface area (Å²) in [5.74, 6) is 0.280. The van der Waals surface area contributed by atoms with E-state index >= 15 is 0 Å². The smallest absolute Gasteiger partial charge is 0.239 e. The molecule has 0 bridgehead atoms. The summed E-state index contributed by atoms with van der Waals surface area (Å²) in [7, 11) is 1.87. The van der Waals surface area contributed by atoms with Crippen LogP contribution in [0.2, 0.25) is 0 Å². The molecule has 0 saturated heterocycles. The van der Waals surface area contributed by atoms with E-state index in [-0.39, 0.29) is 38.4 Å². The Morgan fingerprint density at radius 2 is 1.36 bits per heavy atom. The third-order valence-electron chi connectivity index (χ3n) is 7.49. The summed E-state index contributed by atoms with van der Waals surface area (Å²) < 4.78 is 7.70. The van der Waals surface area contributed by atoms with Gasteiger partial charge in [0, 0.05) is 31.4 Å². The van der Waals surface area contributed by atoms with Crippen LogP contribution in [0.1, 0.15) is 100 Å². The number of rotatable bonds is 18. The molecule has 0 radical (unpaired) electrons. The fourth-order valence-corrected chi connectivity index (χ4v) is 5.54. The number of nitrogens with zero attached hydrogens (tertiary/aromatic N) is 2. The van der Waals surface area contributed by atoms with Crippen LogP contribution in [0.3, 0.4) is 0 Å². The van der Waals surface area contributed by atoms with E-state index in [1.54, 1.807) is 31.2 Å². The highest BCUT2D eigenvalue weighted by molar-refractivity contribution is 7.92. The zero-order valence-electron chi connectivity index (χ0n) is 35.7. The standard InChI is InChI=1S/C35H50N6O4S.2C3H8.C2H6.H2S/c1-25(2)23-41(40(6)46-45-30-19-17-29(36)18-20-30)24-32(42)31(21-27-13-9-7-10-14-27)38-33(43)22-37-34(44)26(3)39-35(4,5)28-15-11-8-12-16-28;2*1-3-2;1-2;/h7-20,25-26,31-32,39,42H,21-24,36H2,1-6H3,(H,37,44)(H,38,43);2*3H2,1-2H3;1-2H3;1H2/t26-,31?,32?;;;;/m1..../s1. The van der Waals surface area contributed by atoms with E-state index in [1.807, 2.05) is 105 Å². The number of carbonyl (C=O) groups is 2. The SMILES string of the molecule is CC.CC(C)CN(CC(O)C(Cc1ccccc1)NC(=O)CNC(=O)[C@@H](C)NC(C)(C)c1ccccc1)N(C)SOc1ccc(N)cc1.CCC.CCC.S. The van der Waals surface area contributed by atoms with Crippen molar-refractivity contribution in [2.75, 3.05) is 32.4 Å². The van der Waals surface area contributed by atoms with Crippen LogP contribution in [0.4, 0.5) is 5.69 Å². The number of aliphatic hydroxyl groups is 1. The number of aliphatic hydroxyl groups excluding tert-OH is 1. The second-order valence-corrected chi connectivity index (χ2v) is 14.7. The first-order chi connectivity index (χ1) is 25.7. The number of hydrogen-bond acceptors (Lipinski definition) is 9. The van der Waals surface area contributed by atoms with Gasteiger partial charge in [-0.15, -0.1) is 0 Å². The van der Waals surface area contributed by atoms with Crippen molar-refractivity contribution in [3.05, 3.63) is 96.1 Å². The molecule has 3 aromatic carbocycles. The van der Waals surface area contributed by atoms with E-state index < -0.39 is 23.7 Å². The van der Waals surface area contributed by atoms with E-state index in [4.69, 9.17) is 9.92 Å². The van der Waals surface area contributed by atoms with Gasteiger partial charge in [0.05, 0.1) is 24.7 Å². The molecule has 0 aliphatic carbocycles. The Kier molecular flexibility index (Phi) is 30.2. The van der Waals surface area contributed by atoms with Gasteiger partial charge >= 0.3 is 0 Å². The Morgan fingerprint density at radius 3 is 1.87 bits per heavy atom. The number of carbonyl (C=O) groups excluding carboxylic acids is 2. The summed E-state index contributed by atoms with van der Waals surface area (Å²) in [4.78, 5) is 26.1. The summed E-state index contributed by atoms with van der Waals surface area (Å²) in [6.45, 7) is 23.2. The molecule has 312 valence electrons. The van der Waals surface area contributed by atoms with E-state index in [2.05, 4.69) is 57.5 Å². The molecule has 0 fully saturated rings. The normalized spacial score (nSPS) is 12.3. The first-order valence-electron chi connectivity index (χ1n) is 19.5. The molecule has 0 aliphatic rings. The number of nitrogens with one attached hydrogen (secondary N) is 3. The first-order valence-corrected chi connectivity index (χ1v) is 20.2. The molecule has 55 heavy (non-hydrogen) atoms. The average molecular weight is 803 g/mol. The predicted molar refractivity (Wildman–Crippen MR) is 240 cm³/mol. The second-order valence-electron chi connectivity index (χ2n) is 13.9. The van der Waals surface area contributed by atoms with Gasteiger partial charge in [0.15, 0.2) is 12.2 Å². The number of hydrogen-bond donors (Lipinski definition) is 5. The number of benzene rings is 3. The van der Waals surface area contributed by atoms with Crippen molar-refractivity contribution in [2.24, 2.45) is 5.92 Å². The first kappa shape index (κ1) is 53.8. The monoisotopic (exact) mass is 803 g/mol. The number of nitrogen functional groups attached to an aromatic ring is 1. The van der Waals surface area contributed by atoms with Crippen LogP contribution in [0.5, 0.6) is 5.75 Å². The molecule has 3 rings (SSSR count). The summed E-state index contributed by atoms with van der Waals surface area (Å²) >= 11 is 1.14. The lowest BCUT2D eigenvalue weighted by atomic mass is 9.93. The molecule has 3 aromatic rings. The van der Waals surface area contributed by atoms with Crippen molar-refractivity contribution in [3.8, 4) is 5.75 Å². The Labute approximate surface area is 345 Å². The third-order valence-corrected chi connectivity index (χ3v) is 8.21. The number of anilines is 1. The van der Waals surface area contributed by atoms with E-state index in [0.29, 0.717) is 30.3 Å². The zero-order valence-corrected chi connectivity index (χ0v) is 37.5. The molecule has 3 atom stereocenters. The van der Waals surface area contributed by atoms with Crippen molar-refractivity contribution in [2.45, 2.75) is 119 Å². The van der Waals surface area contributed by atoms with Gasteiger partial charge in [-0.2, -0.15) is 17.9 Å². The summed E-state index contributed by atoms with van der Waals surface area (Å²) in [6.07, 6.45) is 1.99. The lowest BCUT2D eigenvalue weighted by Crippen LogP contribution is -2.55. The molecule has 6 N–H and O–H groups in total. The maximum Gasteiger partial charge on any atom is 0.239 e. The van der Waals surface area contributed by atoms with Gasteiger partial charge in [0.25, 0.3) is 0 Å². The Morgan fingerprint density at radius 1 is 0.855 bits per heavy atom. The van der Waals surface area contributed by atoms with Crippen LogP contribution in [0, 0.1) is 5.92 Å². The molecular weight excluding hydrogens is 729 g/mol. The van der Waals surface area contributed by atoms with E-state index in [1.165, 1.54) is 12.8 Å². The fourth-order valence-electron chi connectivity index (χ4n) is 5.01. The van der Waals surface area contributed by atoms with Crippen molar-refractivity contribution in [3.63, 3.8) is 0 Å². The van der Waals surface area contributed by atoms with Crippen LogP contribution in [-0.4, -0.2) is 71.2 Å². The molecule has 0 saturated carbocycles. The zero-order chi connectivity index (χ0) is 41.1. The minimum absolute atomic E-state index is 0. The summed E-state index contributed by atoms with van der Waals surface area (Å²) in [5, 5.41) is 22.6. The number of amides is 2. The maximum absolute atomic E-state index is 13.1. The highest BCUT2D eigenvalue weighted by Crippen LogP contribution is 2.23. The van der Waals surface area contributed by atoms with Crippen LogP contribution in [0.15, 0.2) is 84.9 Å². The second kappa shape index (κ2) is 30.9. The lowest BCUT2D eigenvalue weighted by molar-refractivity contribution is -0.128. The van der Waals surface area contributed by atoms with Gasteiger partial charge in [-0.3, -0.25) is 14.9 Å². The molecular formula is C43H74N6O4S2. The van der Waals surface area contributed by atoms with Gasteiger partial charge in [-0.05, 0) is 68.5 Å². The van der Waals surface area contributed by atoms with Crippen LogP contribution in [0.25, 0.3) is 0 Å². The average Bonchev–Trinajstić information content (AvgIpc) is 3.14.